The zero-order valence-corrected chi connectivity index (χ0v) is 8.69. The van der Waals surface area contributed by atoms with Crippen LogP contribution in [0.5, 0.6) is 0 Å². The zero-order valence-electron chi connectivity index (χ0n) is 8.69. The van der Waals surface area contributed by atoms with E-state index in [1.54, 1.807) is 6.92 Å². The van der Waals surface area contributed by atoms with Crippen LogP contribution in [-0.2, 0) is 14.4 Å². The van der Waals surface area contributed by atoms with Gasteiger partial charge < -0.3 is 10.0 Å². The predicted molar refractivity (Wildman–Crippen MR) is 51.9 cm³/mol. The minimum atomic E-state index is -1.56. The van der Waals surface area contributed by atoms with E-state index in [1.807, 2.05) is 6.92 Å². The Morgan fingerprint density at radius 3 is 2.60 bits per heavy atom. The van der Waals surface area contributed by atoms with Gasteiger partial charge in [-0.25, -0.2) is 0 Å². The van der Waals surface area contributed by atoms with E-state index in [0.29, 0.717) is 12.2 Å². The van der Waals surface area contributed by atoms with Gasteiger partial charge in [0, 0.05) is 18.3 Å². The van der Waals surface area contributed by atoms with Crippen LogP contribution in [0.25, 0.3) is 0 Å². The van der Waals surface area contributed by atoms with Crippen molar-refractivity contribution in [3.63, 3.8) is 0 Å². The van der Waals surface area contributed by atoms with Crippen molar-refractivity contribution < 1.29 is 19.5 Å². The number of carboxylic acid groups (broad SMARTS) is 1. The highest BCUT2D eigenvalue weighted by Crippen LogP contribution is 2.18. The first-order valence-corrected chi connectivity index (χ1v) is 4.75. The highest BCUT2D eigenvalue weighted by Gasteiger charge is 2.39. The molecule has 0 fully saturated rings. The van der Waals surface area contributed by atoms with Crippen molar-refractivity contribution >= 4 is 17.7 Å². The van der Waals surface area contributed by atoms with Gasteiger partial charge in [-0.05, 0) is 13.3 Å². The minimum Gasteiger partial charge on any atom is -0.480 e. The molecule has 0 spiro atoms. The monoisotopic (exact) mass is 211 g/mol. The number of carbonyl (C=O) groups excluding carboxylic acids is 2. The average Bonchev–Trinajstić information content (AvgIpc) is 2.11. The lowest BCUT2D eigenvalue weighted by Gasteiger charge is -2.28. The van der Waals surface area contributed by atoms with Crippen molar-refractivity contribution in [2.24, 2.45) is 5.92 Å². The summed E-state index contributed by atoms with van der Waals surface area (Å²) in [6.45, 7) is 3.95. The van der Waals surface area contributed by atoms with E-state index in [2.05, 4.69) is 0 Å². The largest absolute Gasteiger partial charge is 0.480 e. The molecule has 0 bridgehead atoms. The molecule has 1 N–H and O–H groups in total. The molecule has 0 aromatic carbocycles. The van der Waals surface area contributed by atoms with E-state index in [1.165, 1.54) is 11.0 Å². The van der Waals surface area contributed by atoms with Crippen LogP contribution in [-0.4, -0.2) is 34.2 Å². The second kappa shape index (κ2) is 4.25. The molecule has 1 unspecified atom stereocenters. The van der Waals surface area contributed by atoms with E-state index in [9.17, 15) is 14.4 Å². The number of ketones is 1. The number of nitrogens with zero attached hydrogens (tertiary/aromatic N) is 1. The molecule has 0 saturated heterocycles. The topological polar surface area (TPSA) is 74.7 Å². The lowest BCUT2D eigenvalue weighted by Crippen LogP contribution is -2.45. The average molecular weight is 211 g/mol. The molecule has 0 aromatic rings. The van der Waals surface area contributed by atoms with Crippen LogP contribution in [0.1, 0.15) is 20.3 Å². The Balaban J connectivity index is 3.04. The maximum atomic E-state index is 11.7. The number of aliphatic carboxylic acids is 1. The first kappa shape index (κ1) is 11.4. The fourth-order valence-electron chi connectivity index (χ4n) is 1.56. The number of hydrogen-bond donors (Lipinski definition) is 1. The van der Waals surface area contributed by atoms with Gasteiger partial charge in [0.25, 0.3) is 0 Å². The summed E-state index contributed by atoms with van der Waals surface area (Å²) < 4.78 is 0. The molecular formula is C10H13NO4. The summed E-state index contributed by atoms with van der Waals surface area (Å²) in [6.07, 6.45) is 1.94. The van der Waals surface area contributed by atoms with Gasteiger partial charge in [0.2, 0.25) is 5.91 Å². The predicted octanol–water partition coefficient (Wildman–Crippen LogP) is 0.412. The maximum absolute atomic E-state index is 11.7. The highest BCUT2D eigenvalue weighted by molar-refractivity contribution is 6.21. The molecule has 1 heterocycles. The van der Waals surface area contributed by atoms with Crippen molar-refractivity contribution in [1.82, 2.24) is 4.90 Å². The molecule has 5 nitrogen and oxygen atoms in total. The van der Waals surface area contributed by atoms with Crippen molar-refractivity contribution in [1.29, 1.82) is 0 Å². The van der Waals surface area contributed by atoms with Gasteiger partial charge in [-0.3, -0.25) is 14.4 Å². The third-order valence-electron chi connectivity index (χ3n) is 2.27. The molecule has 0 radical (unpaired) electrons. The fourth-order valence-corrected chi connectivity index (χ4v) is 1.56. The summed E-state index contributed by atoms with van der Waals surface area (Å²) >= 11 is 0. The smallest absolute Gasteiger partial charge is 0.324 e. The Hall–Kier alpha value is -1.65. The molecule has 1 aliphatic rings. The quantitative estimate of drug-likeness (QED) is 0.686. The molecule has 1 atom stereocenters. The first-order valence-electron chi connectivity index (χ1n) is 4.75. The van der Waals surface area contributed by atoms with Gasteiger partial charge in [0.1, 0.15) is 0 Å². The SMILES string of the molecule is CCCN1C(=O)C(C(=O)O)C(=O)C=C1C. The van der Waals surface area contributed by atoms with Crippen molar-refractivity contribution in [3.8, 4) is 0 Å². The standard InChI is InChI=1S/C10H13NO4/c1-3-4-11-6(2)5-7(12)8(9(11)13)10(14)15/h5,8H,3-4H2,1-2H3,(H,14,15). The van der Waals surface area contributed by atoms with Crippen molar-refractivity contribution in [2.45, 2.75) is 20.3 Å². The van der Waals surface area contributed by atoms with Crippen molar-refractivity contribution in [3.05, 3.63) is 11.8 Å². The summed E-state index contributed by atoms with van der Waals surface area (Å²) in [5.41, 5.74) is 0.518. The van der Waals surface area contributed by atoms with Gasteiger partial charge in [-0.1, -0.05) is 6.92 Å². The van der Waals surface area contributed by atoms with E-state index in [4.69, 9.17) is 5.11 Å². The number of allylic oxidation sites excluding steroid dienone is 2. The normalized spacial score (nSPS) is 21.6. The van der Waals surface area contributed by atoms with Crippen LogP contribution < -0.4 is 0 Å². The lowest BCUT2D eigenvalue weighted by molar-refractivity contribution is -0.153. The zero-order chi connectivity index (χ0) is 11.6. The lowest BCUT2D eigenvalue weighted by atomic mass is 9.97. The van der Waals surface area contributed by atoms with Crippen LogP contribution in [0.15, 0.2) is 11.8 Å². The Morgan fingerprint density at radius 2 is 2.13 bits per heavy atom. The molecule has 0 aromatic heterocycles. The summed E-state index contributed by atoms with van der Waals surface area (Å²) in [4.78, 5) is 35.0. The summed E-state index contributed by atoms with van der Waals surface area (Å²) in [5.74, 6) is -4.21. The molecule has 0 aliphatic carbocycles. The van der Waals surface area contributed by atoms with Crippen molar-refractivity contribution in [2.75, 3.05) is 6.54 Å². The molecule has 0 saturated carbocycles. The first-order chi connectivity index (χ1) is 6.99. The van der Waals surface area contributed by atoms with Gasteiger partial charge in [0.15, 0.2) is 11.7 Å². The highest BCUT2D eigenvalue weighted by atomic mass is 16.4. The minimum absolute atomic E-state index is 0.443. The second-order valence-electron chi connectivity index (χ2n) is 3.45. The van der Waals surface area contributed by atoms with Crippen LogP contribution in [0, 0.1) is 5.92 Å². The van der Waals surface area contributed by atoms with Crippen LogP contribution >= 0.6 is 0 Å². The Bertz CT molecular complexity index is 345. The fraction of sp³-hybridized carbons (Fsp3) is 0.500. The number of carbonyl (C=O) groups is 3. The molecule has 1 amide bonds. The second-order valence-corrected chi connectivity index (χ2v) is 3.45. The Kier molecular flexibility index (Phi) is 3.24. The third kappa shape index (κ3) is 2.06. The number of rotatable bonds is 3. The Labute approximate surface area is 87.4 Å². The van der Waals surface area contributed by atoms with Crippen LogP contribution in [0.3, 0.4) is 0 Å². The van der Waals surface area contributed by atoms with E-state index in [-0.39, 0.29) is 0 Å². The van der Waals surface area contributed by atoms with E-state index in [0.717, 1.165) is 6.42 Å². The Morgan fingerprint density at radius 1 is 1.53 bits per heavy atom. The molecule has 5 heteroatoms. The number of amides is 1. The number of hydrogen-bond acceptors (Lipinski definition) is 3. The van der Waals surface area contributed by atoms with E-state index >= 15 is 0 Å². The van der Waals surface area contributed by atoms with Gasteiger partial charge >= 0.3 is 5.97 Å². The maximum Gasteiger partial charge on any atom is 0.324 e. The van der Waals surface area contributed by atoms with Crippen LogP contribution in [0.2, 0.25) is 0 Å². The van der Waals surface area contributed by atoms with E-state index < -0.39 is 23.6 Å². The molecule has 82 valence electrons. The van der Waals surface area contributed by atoms with Gasteiger partial charge in [-0.15, -0.1) is 0 Å². The third-order valence-corrected chi connectivity index (χ3v) is 2.27. The molecular weight excluding hydrogens is 198 g/mol. The molecule has 1 rings (SSSR count). The molecule has 1 aliphatic heterocycles. The van der Waals surface area contributed by atoms with Gasteiger partial charge in [0.05, 0.1) is 0 Å². The summed E-state index contributed by atoms with van der Waals surface area (Å²) in [6, 6.07) is 0. The summed E-state index contributed by atoms with van der Waals surface area (Å²) in [7, 11) is 0. The summed E-state index contributed by atoms with van der Waals surface area (Å²) in [5, 5.41) is 8.75. The van der Waals surface area contributed by atoms with Gasteiger partial charge in [-0.2, -0.15) is 0 Å². The number of carboxylic acids is 1. The van der Waals surface area contributed by atoms with Crippen LogP contribution in [0.4, 0.5) is 0 Å². The molecule has 15 heavy (non-hydrogen) atoms.